The molecule has 2 N–H and O–H groups in total. The van der Waals surface area contributed by atoms with Crippen molar-refractivity contribution in [1.82, 2.24) is 9.62 Å². The van der Waals surface area contributed by atoms with E-state index in [1.165, 1.54) is 14.1 Å². The van der Waals surface area contributed by atoms with Gasteiger partial charge in [-0.05, 0) is 47.4 Å². The van der Waals surface area contributed by atoms with Crippen molar-refractivity contribution in [2.45, 2.75) is 13.3 Å². The first kappa shape index (κ1) is 21.9. The van der Waals surface area contributed by atoms with Gasteiger partial charge in [0.15, 0.2) is 0 Å². The maximum absolute atomic E-state index is 12.8. The molecule has 0 bridgehead atoms. The van der Waals surface area contributed by atoms with Gasteiger partial charge in [-0.25, -0.2) is 4.79 Å². The monoisotopic (exact) mass is 451 g/mol. The van der Waals surface area contributed by atoms with Crippen molar-refractivity contribution in [2.75, 3.05) is 25.4 Å². The number of rotatable bonds is 6. The molecule has 0 saturated heterocycles. The molecular weight excluding hydrogens is 426 g/mol. The molecule has 0 saturated carbocycles. The van der Waals surface area contributed by atoms with Gasteiger partial charge in [0, 0.05) is 44.2 Å². The molecule has 1 aromatic heterocycles. The van der Waals surface area contributed by atoms with Gasteiger partial charge in [-0.1, -0.05) is 36.4 Å². The van der Waals surface area contributed by atoms with E-state index in [0.717, 1.165) is 38.5 Å². The molecule has 0 amide bonds. The molecule has 2 heterocycles. The number of allylic oxidation sites excluding steroid dienone is 2. The summed E-state index contributed by atoms with van der Waals surface area (Å²) in [6.45, 7) is 2.71. The van der Waals surface area contributed by atoms with Crippen molar-refractivity contribution in [3.8, 4) is 0 Å². The highest BCUT2D eigenvalue weighted by Crippen LogP contribution is 2.26. The molecule has 7 nitrogen and oxygen atoms in total. The molecule has 166 valence electrons. The molecule has 4 rings (SSSR count). The number of benzene rings is 2. The van der Waals surface area contributed by atoms with E-state index in [4.69, 9.17) is 4.42 Å². The lowest BCUT2D eigenvalue weighted by molar-refractivity contribution is 0.527. The van der Waals surface area contributed by atoms with Crippen molar-refractivity contribution < 1.29 is 12.8 Å². The fraction of sp³-hybridized carbons (Fsp3) is 0.208. The molecule has 0 spiro atoms. The zero-order valence-corrected chi connectivity index (χ0v) is 19.0. The summed E-state index contributed by atoms with van der Waals surface area (Å²) in [6.07, 6.45) is 6.35. The lowest BCUT2D eigenvalue weighted by Gasteiger charge is -2.14. The van der Waals surface area contributed by atoms with Crippen molar-refractivity contribution in [3.63, 3.8) is 0 Å². The molecule has 0 atom stereocenters. The standard InChI is InChI=1S/C24H25N3O4S/c1-16-21-10-9-18(19-7-5-11-25-15-19)14-23(21)31-24(28)22(16)13-17-6-4-8-20(12-17)26-32(29,30)27(2)3/h4-10,12,14-15,25-26H,11,13H2,1-3H3. The van der Waals surface area contributed by atoms with Crippen LogP contribution in [0.15, 0.2) is 70.0 Å². The number of hydrogen-bond donors (Lipinski definition) is 2. The lowest BCUT2D eigenvalue weighted by Crippen LogP contribution is -2.28. The highest BCUT2D eigenvalue weighted by molar-refractivity contribution is 7.90. The number of anilines is 1. The second kappa shape index (κ2) is 8.64. The molecule has 0 aliphatic carbocycles. The summed E-state index contributed by atoms with van der Waals surface area (Å²) in [6, 6.07) is 12.9. The predicted octanol–water partition coefficient (Wildman–Crippen LogP) is 3.41. The van der Waals surface area contributed by atoms with Gasteiger partial charge in [0.1, 0.15) is 5.58 Å². The van der Waals surface area contributed by atoms with E-state index in [1.807, 2.05) is 49.5 Å². The van der Waals surface area contributed by atoms with E-state index < -0.39 is 15.8 Å². The quantitative estimate of drug-likeness (QED) is 0.561. The van der Waals surface area contributed by atoms with Gasteiger partial charge in [-0.15, -0.1) is 0 Å². The van der Waals surface area contributed by atoms with Crippen LogP contribution in [0.25, 0.3) is 16.5 Å². The number of nitrogens with zero attached hydrogens (tertiary/aromatic N) is 1. The fourth-order valence-electron chi connectivity index (χ4n) is 3.62. The molecular formula is C24H25N3O4S. The number of dihydropyridines is 1. The molecule has 0 fully saturated rings. The highest BCUT2D eigenvalue weighted by Gasteiger charge is 2.16. The second-order valence-electron chi connectivity index (χ2n) is 7.88. The molecule has 2 aromatic carbocycles. The smallest absolute Gasteiger partial charge is 0.340 e. The van der Waals surface area contributed by atoms with Gasteiger partial charge in [0.2, 0.25) is 0 Å². The number of hydrogen-bond acceptors (Lipinski definition) is 5. The first-order valence-electron chi connectivity index (χ1n) is 10.2. The van der Waals surface area contributed by atoms with Crippen LogP contribution in [0.5, 0.6) is 0 Å². The first-order chi connectivity index (χ1) is 15.2. The number of nitrogens with one attached hydrogen (secondary N) is 2. The highest BCUT2D eigenvalue weighted by atomic mass is 32.2. The molecule has 32 heavy (non-hydrogen) atoms. The summed E-state index contributed by atoms with van der Waals surface area (Å²) >= 11 is 0. The third kappa shape index (κ3) is 4.46. The molecule has 0 radical (unpaired) electrons. The Bertz CT molecular complexity index is 1400. The summed E-state index contributed by atoms with van der Waals surface area (Å²) in [5, 5.41) is 4.05. The Kier molecular flexibility index (Phi) is 5.90. The Balaban J connectivity index is 1.67. The minimum Gasteiger partial charge on any atom is -0.422 e. The van der Waals surface area contributed by atoms with Crippen molar-refractivity contribution in [2.24, 2.45) is 0 Å². The number of aryl methyl sites for hydroxylation is 1. The van der Waals surface area contributed by atoms with Gasteiger partial charge in [0.25, 0.3) is 0 Å². The van der Waals surface area contributed by atoms with Crippen LogP contribution in [0.4, 0.5) is 5.69 Å². The molecule has 1 aliphatic heterocycles. The van der Waals surface area contributed by atoms with Crippen LogP contribution in [0.3, 0.4) is 0 Å². The summed E-state index contributed by atoms with van der Waals surface area (Å²) < 4.78 is 33.5. The third-order valence-corrected chi connectivity index (χ3v) is 6.90. The Morgan fingerprint density at radius 2 is 1.97 bits per heavy atom. The van der Waals surface area contributed by atoms with Crippen LogP contribution < -0.4 is 15.7 Å². The van der Waals surface area contributed by atoms with E-state index in [2.05, 4.69) is 10.0 Å². The van der Waals surface area contributed by atoms with E-state index in [-0.39, 0.29) is 0 Å². The molecule has 1 aliphatic rings. The molecule has 3 aromatic rings. The average Bonchev–Trinajstić information content (AvgIpc) is 2.77. The summed E-state index contributed by atoms with van der Waals surface area (Å²) in [5.41, 5.74) is 4.80. The maximum Gasteiger partial charge on any atom is 0.340 e. The SMILES string of the molecule is Cc1c(Cc2cccc(NS(=O)(=O)N(C)C)c2)c(=O)oc2cc(C3=CNCC=C3)ccc12. The Hall–Kier alpha value is -3.36. The van der Waals surface area contributed by atoms with E-state index >= 15 is 0 Å². The Labute approximate surface area is 187 Å². The Morgan fingerprint density at radius 3 is 2.69 bits per heavy atom. The van der Waals surface area contributed by atoms with Crippen LogP contribution in [0.2, 0.25) is 0 Å². The predicted molar refractivity (Wildman–Crippen MR) is 128 cm³/mol. The van der Waals surface area contributed by atoms with Crippen LogP contribution >= 0.6 is 0 Å². The average molecular weight is 452 g/mol. The summed E-state index contributed by atoms with van der Waals surface area (Å²) in [5.74, 6) is 0. The zero-order valence-electron chi connectivity index (χ0n) is 18.2. The minimum absolute atomic E-state index is 0.335. The fourth-order valence-corrected chi connectivity index (χ4v) is 4.23. The first-order valence-corrected chi connectivity index (χ1v) is 11.6. The van der Waals surface area contributed by atoms with Gasteiger partial charge >= 0.3 is 15.8 Å². The van der Waals surface area contributed by atoms with Gasteiger partial charge in [-0.2, -0.15) is 12.7 Å². The molecule has 0 unspecified atom stereocenters. The maximum atomic E-state index is 12.8. The second-order valence-corrected chi connectivity index (χ2v) is 9.77. The van der Waals surface area contributed by atoms with Gasteiger partial charge < -0.3 is 9.73 Å². The topological polar surface area (TPSA) is 91.7 Å². The third-order valence-electron chi connectivity index (χ3n) is 5.45. The van der Waals surface area contributed by atoms with Crippen molar-refractivity contribution >= 4 is 32.4 Å². The van der Waals surface area contributed by atoms with Crippen molar-refractivity contribution in [1.29, 1.82) is 0 Å². The minimum atomic E-state index is -3.61. The van der Waals surface area contributed by atoms with E-state index in [1.54, 1.807) is 18.2 Å². The van der Waals surface area contributed by atoms with E-state index in [9.17, 15) is 13.2 Å². The lowest BCUT2D eigenvalue weighted by atomic mass is 9.97. The van der Waals surface area contributed by atoms with Crippen LogP contribution in [-0.4, -0.2) is 33.4 Å². The number of fused-ring (bicyclic) bond motifs is 1. The van der Waals surface area contributed by atoms with Crippen LogP contribution in [-0.2, 0) is 16.6 Å². The zero-order chi connectivity index (χ0) is 22.9. The van der Waals surface area contributed by atoms with Crippen molar-refractivity contribution in [3.05, 3.63) is 93.5 Å². The molecule has 8 heteroatoms. The van der Waals surface area contributed by atoms with Gasteiger partial charge in [-0.3, -0.25) is 4.72 Å². The van der Waals surface area contributed by atoms with Crippen LogP contribution in [0.1, 0.15) is 22.3 Å². The Morgan fingerprint density at radius 1 is 1.16 bits per heavy atom. The summed E-state index contributed by atoms with van der Waals surface area (Å²) in [7, 11) is -0.696. The summed E-state index contributed by atoms with van der Waals surface area (Å²) in [4.78, 5) is 12.8. The largest absolute Gasteiger partial charge is 0.422 e. The normalized spacial score (nSPS) is 13.8. The van der Waals surface area contributed by atoms with Gasteiger partial charge in [0.05, 0.1) is 5.69 Å². The van der Waals surface area contributed by atoms with E-state index in [0.29, 0.717) is 23.3 Å². The van der Waals surface area contributed by atoms with Crippen LogP contribution in [0, 0.1) is 6.92 Å².